The number of piperidine rings is 1. The topological polar surface area (TPSA) is 42.4 Å². The maximum absolute atomic E-state index is 12.6. The summed E-state index contributed by atoms with van der Waals surface area (Å²) in [5.41, 5.74) is 0.858. The first kappa shape index (κ1) is 17.0. The van der Waals surface area contributed by atoms with E-state index in [1.807, 2.05) is 35.7 Å². The summed E-state index contributed by atoms with van der Waals surface area (Å²) in [5.74, 6) is 1.05. The Kier molecular flexibility index (Phi) is 5.86. The zero-order chi connectivity index (χ0) is 16.8. The van der Waals surface area contributed by atoms with E-state index < -0.39 is 0 Å². The highest BCUT2D eigenvalue weighted by molar-refractivity contribution is 7.09. The van der Waals surface area contributed by atoms with Gasteiger partial charge in [0.15, 0.2) is 0 Å². The number of amides is 1. The van der Waals surface area contributed by atoms with Gasteiger partial charge in [-0.2, -0.15) is 0 Å². The summed E-state index contributed by atoms with van der Waals surface area (Å²) in [5, 5.41) is 2.89. The van der Waals surface area contributed by atoms with Gasteiger partial charge < -0.3 is 9.64 Å². The summed E-state index contributed by atoms with van der Waals surface area (Å²) < 4.78 is 5.71. The van der Waals surface area contributed by atoms with E-state index in [-0.39, 0.29) is 5.91 Å². The van der Waals surface area contributed by atoms with Crippen LogP contribution in [0.4, 0.5) is 0 Å². The van der Waals surface area contributed by atoms with Gasteiger partial charge in [-0.15, -0.1) is 11.3 Å². The highest BCUT2D eigenvalue weighted by Gasteiger charge is 2.25. The van der Waals surface area contributed by atoms with Gasteiger partial charge in [0.1, 0.15) is 17.4 Å². The Hall–Kier alpha value is -1.88. The fraction of sp³-hybridized carbons (Fsp3) is 0.474. The van der Waals surface area contributed by atoms with Crippen molar-refractivity contribution in [2.24, 2.45) is 0 Å². The number of aromatic nitrogens is 1. The third kappa shape index (κ3) is 4.35. The molecular formula is C19H24N2O2S. The van der Waals surface area contributed by atoms with E-state index in [2.05, 4.69) is 16.8 Å². The number of likely N-dealkylation sites (tertiary alicyclic amines) is 1. The van der Waals surface area contributed by atoms with E-state index in [0.717, 1.165) is 42.3 Å². The number of hydrogen-bond acceptors (Lipinski definition) is 4. The van der Waals surface area contributed by atoms with Gasteiger partial charge in [-0.25, -0.2) is 4.98 Å². The van der Waals surface area contributed by atoms with Crippen LogP contribution in [0, 0.1) is 0 Å². The summed E-state index contributed by atoms with van der Waals surface area (Å²) in [7, 11) is 0. The first-order valence-electron chi connectivity index (χ1n) is 8.67. The van der Waals surface area contributed by atoms with Crippen molar-refractivity contribution < 1.29 is 9.53 Å². The molecule has 24 heavy (non-hydrogen) atoms. The molecule has 0 saturated carbocycles. The van der Waals surface area contributed by atoms with Crippen molar-refractivity contribution in [1.29, 1.82) is 0 Å². The van der Waals surface area contributed by atoms with Gasteiger partial charge in [0.05, 0.1) is 12.1 Å². The number of ether oxygens (including phenoxy) is 1. The predicted molar refractivity (Wildman–Crippen MR) is 96.2 cm³/mol. The molecular weight excluding hydrogens is 320 g/mol. The molecule has 1 saturated heterocycles. The van der Waals surface area contributed by atoms with Crippen LogP contribution in [0.25, 0.3) is 0 Å². The molecule has 1 amide bonds. The van der Waals surface area contributed by atoms with Gasteiger partial charge in [0.25, 0.3) is 0 Å². The van der Waals surface area contributed by atoms with Gasteiger partial charge in [0.2, 0.25) is 5.91 Å². The second-order valence-electron chi connectivity index (χ2n) is 6.16. The second-order valence-corrected chi connectivity index (χ2v) is 7.10. The first-order valence-corrected chi connectivity index (χ1v) is 9.55. The summed E-state index contributed by atoms with van der Waals surface area (Å²) in [6.45, 7) is 3.51. The van der Waals surface area contributed by atoms with Crippen LogP contribution in [0.1, 0.15) is 43.3 Å². The van der Waals surface area contributed by atoms with Crippen LogP contribution in [0.3, 0.4) is 0 Å². The Bertz CT molecular complexity index is 656. The average Bonchev–Trinajstić information content (AvgIpc) is 3.08. The molecule has 1 aliphatic rings. The lowest BCUT2D eigenvalue weighted by molar-refractivity contribution is -0.134. The molecule has 4 nitrogen and oxygen atoms in total. The Balaban J connectivity index is 1.54. The van der Waals surface area contributed by atoms with E-state index in [1.165, 1.54) is 6.42 Å². The molecule has 0 radical (unpaired) electrons. The molecule has 2 aromatic rings. The van der Waals surface area contributed by atoms with Gasteiger partial charge in [-0.3, -0.25) is 4.79 Å². The van der Waals surface area contributed by atoms with Crippen molar-refractivity contribution in [2.45, 2.75) is 51.7 Å². The van der Waals surface area contributed by atoms with Crippen LogP contribution in [-0.2, 0) is 17.8 Å². The summed E-state index contributed by atoms with van der Waals surface area (Å²) in [6.07, 6.45) is 4.93. The van der Waals surface area contributed by atoms with Gasteiger partial charge >= 0.3 is 0 Å². The largest absolute Gasteiger partial charge is 0.486 e. The lowest BCUT2D eigenvalue weighted by Crippen LogP contribution is -2.44. The number of benzene rings is 1. The molecule has 0 N–H and O–H groups in total. The molecule has 0 spiro atoms. The van der Waals surface area contributed by atoms with Crippen molar-refractivity contribution >= 4 is 17.2 Å². The normalized spacial score (nSPS) is 17.7. The minimum absolute atomic E-state index is 0.211. The van der Waals surface area contributed by atoms with Crippen LogP contribution >= 0.6 is 11.3 Å². The highest BCUT2D eigenvalue weighted by Crippen LogP contribution is 2.21. The zero-order valence-corrected chi connectivity index (χ0v) is 14.9. The minimum Gasteiger partial charge on any atom is -0.486 e. The number of rotatable bonds is 6. The molecule has 1 atom stereocenters. The van der Waals surface area contributed by atoms with Crippen LogP contribution in [0.15, 0.2) is 35.7 Å². The van der Waals surface area contributed by atoms with Crippen molar-refractivity contribution in [3.8, 4) is 5.75 Å². The number of thiazole rings is 1. The fourth-order valence-electron chi connectivity index (χ4n) is 3.17. The standard InChI is InChI=1S/C19H24N2O2S/c1-2-16-8-6-7-11-21(16)19(22)12-15-14-24-18(20-15)13-23-17-9-4-3-5-10-17/h3-5,9-10,14,16H,2,6-8,11-13H2,1H3. The molecule has 3 rings (SSSR count). The van der Waals surface area contributed by atoms with Gasteiger partial charge in [-0.05, 0) is 37.8 Å². The smallest absolute Gasteiger partial charge is 0.228 e. The molecule has 2 heterocycles. The molecule has 0 bridgehead atoms. The maximum atomic E-state index is 12.6. The van der Waals surface area contributed by atoms with Crippen LogP contribution in [-0.4, -0.2) is 28.4 Å². The Morgan fingerprint density at radius 1 is 1.33 bits per heavy atom. The minimum atomic E-state index is 0.211. The molecule has 128 valence electrons. The van der Waals surface area contributed by atoms with E-state index >= 15 is 0 Å². The number of carbonyl (C=O) groups excluding carboxylic acids is 1. The lowest BCUT2D eigenvalue weighted by Gasteiger charge is -2.35. The maximum Gasteiger partial charge on any atom is 0.228 e. The summed E-state index contributed by atoms with van der Waals surface area (Å²) in [4.78, 5) is 19.2. The highest BCUT2D eigenvalue weighted by atomic mass is 32.1. The quantitative estimate of drug-likeness (QED) is 0.794. The molecule has 1 unspecified atom stereocenters. The van der Waals surface area contributed by atoms with Crippen LogP contribution in [0.2, 0.25) is 0 Å². The van der Waals surface area contributed by atoms with Crippen molar-refractivity contribution in [1.82, 2.24) is 9.88 Å². The van der Waals surface area contributed by atoms with Crippen molar-refractivity contribution in [3.63, 3.8) is 0 Å². The van der Waals surface area contributed by atoms with Crippen LogP contribution < -0.4 is 4.74 Å². The average molecular weight is 344 g/mol. The van der Waals surface area contributed by atoms with Gasteiger partial charge in [0, 0.05) is 18.0 Å². The fourth-order valence-corrected chi connectivity index (χ4v) is 3.87. The summed E-state index contributed by atoms with van der Waals surface area (Å²) in [6, 6.07) is 10.1. The number of hydrogen-bond donors (Lipinski definition) is 0. The third-order valence-electron chi connectivity index (χ3n) is 4.46. The molecule has 1 fully saturated rings. The SMILES string of the molecule is CCC1CCCCN1C(=O)Cc1csc(COc2ccccc2)n1. The first-order chi connectivity index (χ1) is 11.8. The van der Waals surface area contributed by atoms with Crippen molar-refractivity contribution in [3.05, 3.63) is 46.4 Å². The Morgan fingerprint density at radius 3 is 2.96 bits per heavy atom. The van der Waals surface area contributed by atoms with Crippen LogP contribution in [0.5, 0.6) is 5.75 Å². The number of nitrogens with zero attached hydrogens (tertiary/aromatic N) is 2. The molecule has 0 aliphatic carbocycles. The lowest BCUT2D eigenvalue weighted by atomic mass is 9.99. The van der Waals surface area contributed by atoms with E-state index in [0.29, 0.717) is 19.1 Å². The Morgan fingerprint density at radius 2 is 2.17 bits per heavy atom. The van der Waals surface area contributed by atoms with E-state index in [9.17, 15) is 4.79 Å². The van der Waals surface area contributed by atoms with Gasteiger partial charge in [-0.1, -0.05) is 25.1 Å². The molecule has 5 heteroatoms. The molecule has 1 aromatic carbocycles. The second kappa shape index (κ2) is 8.29. The zero-order valence-electron chi connectivity index (χ0n) is 14.1. The Labute approximate surface area is 147 Å². The number of para-hydroxylation sites is 1. The number of carbonyl (C=O) groups is 1. The summed E-state index contributed by atoms with van der Waals surface area (Å²) >= 11 is 1.56. The van der Waals surface area contributed by atoms with E-state index in [1.54, 1.807) is 11.3 Å². The molecule has 1 aliphatic heterocycles. The van der Waals surface area contributed by atoms with E-state index in [4.69, 9.17) is 4.74 Å². The monoisotopic (exact) mass is 344 g/mol. The van der Waals surface area contributed by atoms with Crippen molar-refractivity contribution in [2.75, 3.05) is 6.54 Å². The third-order valence-corrected chi connectivity index (χ3v) is 5.33. The molecule has 1 aromatic heterocycles. The predicted octanol–water partition coefficient (Wildman–Crippen LogP) is 4.06.